The average molecular weight is 461 g/mol. The van der Waals surface area contributed by atoms with E-state index in [2.05, 4.69) is 6.92 Å². The minimum atomic E-state index is -0.133. The maximum absolute atomic E-state index is 13.0. The van der Waals surface area contributed by atoms with Crippen LogP contribution < -0.4 is 15.9 Å². The van der Waals surface area contributed by atoms with Gasteiger partial charge in [0.25, 0.3) is 11.1 Å². The molecule has 33 heavy (non-hydrogen) atoms. The number of methoxy groups -OCH3 is 1. The van der Waals surface area contributed by atoms with Crippen LogP contribution in [0.1, 0.15) is 35.1 Å². The zero-order chi connectivity index (χ0) is 23.7. The maximum Gasteiger partial charge on any atom is 0.255 e. The SMILES string of the molecule is COc1ccc(-n2cc(C)c(C(C)c3ccc(-n4cc(C)ccc4=O)cc3)cc2=O)cc1Cl. The van der Waals surface area contributed by atoms with Crippen LogP contribution >= 0.6 is 11.6 Å². The van der Waals surface area contributed by atoms with Gasteiger partial charge in [0, 0.05) is 36.1 Å². The lowest BCUT2D eigenvalue weighted by Gasteiger charge is -2.18. The number of ether oxygens (including phenoxy) is 1. The maximum atomic E-state index is 13.0. The van der Waals surface area contributed by atoms with Crippen molar-refractivity contribution in [3.63, 3.8) is 0 Å². The summed E-state index contributed by atoms with van der Waals surface area (Å²) in [5.74, 6) is 0.571. The van der Waals surface area contributed by atoms with E-state index in [4.69, 9.17) is 16.3 Å². The second-order valence-corrected chi connectivity index (χ2v) is 8.57. The van der Waals surface area contributed by atoms with Crippen molar-refractivity contribution >= 4 is 11.6 Å². The van der Waals surface area contributed by atoms with Crippen LogP contribution in [-0.4, -0.2) is 16.2 Å². The Morgan fingerprint density at radius 1 is 0.818 bits per heavy atom. The number of benzene rings is 2. The van der Waals surface area contributed by atoms with Gasteiger partial charge < -0.3 is 4.74 Å². The van der Waals surface area contributed by atoms with Crippen molar-refractivity contribution in [1.29, 1.82) is 0 Å². The Kier molecular flexibility index (Phi) is 6.25. The lowest BCUT2D eigenvalue weighted by molar-refractivity contribution is 0.415. The highest BCUT2D eigenvalue weighted by Crippen LogP contribution is 2.29. The summed E-state index contributed by atoms with van der Waals surface area (Å²) in [7, 11) is 1.55. The van der Waals surface area contributed by atoms with Crippen LogP contribution in [0.3, 0.4) is 0 Å². The van der Waals surface area contributed by atoms with Crippen LogP contribution in [-0.2, 0) is 0 Å². The van der Waals surface area contributed by atoms with Crippen molar-refractivity contribution in [2.75, 3.05) is 7.11 Å². The summed E-state index contributed by atoms with van der Waals surface area (Å²) >= 11 is 6.25. The summed E-state index contributed by atoms with van der Waals surface area (Å²) in [5.41, 5.74) is 5.31. The molecule has 0 fully saturated rings. The molecule has 0 amide bonds. The lowest BCUT2D eigenvalue weighted by atomic mass is 9.91. The quantitative estimate of drug-likeness (QED) is 0.399. The third-order valence-electron chi connectivity index (χ3n) is 5.90. The van der Waals surface area contributed by atoms with Gasteiger partial charge in [0.1, 0.15) is 5.75 Å². The molecule has 0 spiro atoms. The lowest BCUT2D eigenvalue weighted by Crippen LogP contribution is -2.20. The minimum Gasteiger partial charge on any atom is -0.495 e. The van der Waals surface area contributed by atoms with Gasteiger partial charge in [0.2, 0.25) is 0 Å². The average Bonchev–Trinajstić information content (AvgIpc) is 2.81. The fourth-order valence-corrected chi connectivity index (χ4v) is 4.27. The zero-order valence-corrected chi connectivity index (χ0v) is 19.8. The van der Waals surface area contributed by atoms with Gasteiger partial charge in [-0.25, -0.2) is 0 Å². The van der Waals surface area contributed by atoms with Crippen molar-refractivity contribution in [2.24, 2.45) is 0 Å². The number of nitrogens with zero attached hydrogens (tertiary/aromatic N) is 2. The molecule has 0 bridgehead atoms. The molecule has 1 unspecified atom stereocenters. The van der Waals surface area contributed by atoms with Crippen LogP contribution in [0, 0.1) is 13.8 Å². The Hall–Kier alpha value is -3.57. The van der Waals surface area contributed by atoms with Crippen molar-refractivity contribution in [3.05, 3.63) is 121 Å². The number of hydrogen-bond acceptors (Lipinski definition) is 3. The largest absolute Gasteiger partial charge is 0.495 e. The van der Waals surface area contributed by atoms with Gasteiger partial charge in [0.15, 0.2) is 0 Å². The molecule has 168 valence electrons. The molecule has 4 aromatic rings. The Labute approximate surface area is 197 Å². The third-order valence-corrected chi connectivity index (χ3v) is 6.20. The van der Waals surface area contributed by atoms with E-state index in [1.54, 1.807) is 52.6 Å². The van der Waals surface area contributed by atoms with E-state index in [1.165, 1.54) is 0 Å². The molecule has 4 rings (SSSR count). The van der Waals surface area contributed by atoms with Crippen molar-refractivity contribution in [1.82, 2.24) is 9.13 Å². The molecule has 2 heterocycles. The molecule has 2 aromatic carbocycles. The van der Waals surface area contributed by atoms with Crippen LogP contribution in [0.2, 0.25) is 5.02 Å². The summed E-state index contributed by atoms with van der Waals surface area (Å²) in [4.78, 5) is 25.2. The molecule has 6 heteroatoms. The Morgan fingerprint density at radius 3 is 2.15 bits per heavy atom. The van der Waals surface area contributed by atoms with Gasteiger partial charge >= 0.3 is 0 Å². The van der Waals surface area contributed by atoms with Crippen LogP contribution in [0.25, 0.3) is 11.4 Å². The van der Waals surface area contributed by atoms with Gasteiger partial charge in [-0.1, -0.05) is 36.7 Å². The Bertz CT molecular complexity index is 1440. The Morgan fingerprint density at radius 2 is 1.48 bits per heavy atom. The van der Waals surface area contributed by atoms with E-state index in [1.807, 2.05) is 50.5 Å². The zero-order valence-electron chi connectivity index (χ0n) is 19.0. The second-order valence-electron chi connectivity index (χ2n) is 8.17. The molecule has 0 aliphatic rings. The van der Waals surface area contributed by atoms with E-state index in [-0.39, 0.29) is 17.0 Å². The van der Waals surface area contributed by atoms with Gasteiger partial charge in [-0.05, 0) is 66.4 Å². The van der Waals surface area contributed by atoms with E-state index in [0.29, 0.717) is 16.5 Å². The highest BCUT2D eigenvalue weighted by Gasteiger charge is 2.15. The number of pyridine rings is 2. The number of aryl methyl sites for hydroxylation is 2. The normalized spacial score (nSPS) is 11.9. The molecule has 0 saturated heterocycles. The van der Waals surface area contributed by atoms with E-state index in [0.717, 1.165) is 27.9 Å². The van der Waals surface area contributed by atoms with Crippen LogP contribution in [0.15, 0.2) is 82.6 Å². The highest BCUT2D eigenvalue weighted by atomic mass is 35.5. The predicted octanol–water partition coefficient (Wildman–Crippen LogP) is 5.42. The smallest absolute Gasteiger partial charge is 0.255 e. The molecule has 1 atom stereocenters. The topological polar surface area (TPSA) is 53.2 Å². The standard InChI is InChI=1S/C27H25ClN2O3/c1-17-5-12-26(31)29(15-17)21-8-6-20(7-9-21)19(3)23-14-27(32)30(16-18(23)2)22-10-11-25(33-4)24(28)13-22/h5-16,19H,1-4H3. The summed E-state index contributed by atoms with van der Waals surface area (Å²) in [6.07, 6.45) is 3.67. The van der Waals surface area contributed by atoms with Gasteiger partial charge in [-0.3, -0.25) is 18.7 Å². The molecule has 0 aliphatic carbocycles. The van der Waals surface area contributed by atoms with Gasteiger partial charge in [-0.2, -0.15) is 0 Å². The number of hydrogen-bond donors (Lipinski definition) is 0. The fraction of sp³-hybridized carbons (Fsp3) is 0.185. The Balaban J connectivity index is 1.66. The molecule has 0 saturated carbocycles. The third kappa shape index (κ3) is 4.50. The van der Waals surface area contributed by atoms with E-state index < -0.39 is 0 Å². The van der Waals surface area contributed by atoms with E-state index in [9.17, 15) is 9.59 Å². The van der Waals surface area contributed by atoms with Gasteiger partial charge in [0.05, 0.1) is 17.8 Å². The first-order valence-corrected chi connectivity index (χ1v) is 11.0. The molecule has 0 N–H and O–H groups in total. The summed E-state index contributed by atoms with van der Waals surface area (Å²) in [6, 6.07) is 18.2. The van der Waals surface area contributed by atoms with Gasteiger partial charge in [-0.15, -0.1) is 0 Å². The number of halogens is 1. The van der Waals surface area contributed by atoms with E-state index >= 15 is 0 Å². The highest BCUT2D eigenvalue weighted by molar-refractivity contribution is 6.32. The first-order valence-electron chi connectivity index (χ1n) is 10.6. The molecule has 2 aromatic heterocycles. The number of rotatable bonds is 5. The molecular formula is C27H25ClN2O3. The van der Waals surface area contributed by atoms with Crippen LogP contribution in [0.4, 0.5) is 0 Å². The molecule has 0 aliphatic heterocycles. The van der Waals surface area contributed by atoms with Crippen molar-refractivity contribution in [2.45, 2.75) is 26.7 Å². The fourth-order valence-electron chi connectivity index (χ4n) is 4.02. The molecular weight excluding hydrogens is 436 g/mol. The van der Waals surface area contributed by atoms with Crippen molar-refractivity contribution < 1.29 is 4.74 Å². The molecule has 5 nitrogen and oxygen atoms in total. The second kappa shape index (κ2) is 9.12. The van der Waals surface area contributed by atoms with Crippen LogP contribution in [0.5, 0.6) is 5.75 Å². The monoisotopic (exact) mass is 460 g/mol. The number of aromatic nitrogens is 2. The van der Waals surface area contributed by atoms with Crippen molar-refractivity contribution in [3.8, 4) is 17.1 Å². The predicted molar refractivity (Wildman–Crippen MR) is 133 cm³/mol. The summed E-state index contributed by atoms with van der Waals surface area (Å²) < 4.78 is 8.42. The minimum absolute atomic E-state index is 0.00934. The molecule has 0 radical (unpaired) electrons. The first kappa shape index (κ1) is 22.6. The first-order chi connectivity index (χ1) is 15.8. The summed E-state index contributed by atoms with van der Waals surface area (Å²) in [6.45, 7) is 6.02. The summed E-state index contributed by atoms with van der Waals surface area (Å²) in [5, 5.41) is 0.449.